The molecule has 0 aromatic carbocycles. The number of hydrogen-bond donors (Lipinski definition) is 0. The summed E-state index contributed by atoms with van der Waals surface area (Å²) in [5.41, 5.74) is 0. The molecule has 1 aliphatic carbocycles. The fraction of sp³-hybridized carbons (Fsp3) is 0.923. The van der Waals surface area contributed by atoms with Gasteiger partial charge in [0.1, 0.15) is 0 Å². The molecule has 0 aromatic rings. The Labute approximate surface area is 105 Å². The number of piperidine rings is 1. The topological polar surface area (TPSA) is 29.5 Å². The number of halogens is 2. The first-order valence-electron chi connectivity index (χ1n) is 6.77. The number of carbonyl (C=O) groups excluding carboxylic acids is 1. The lowest BCUT2D eigenvalue weighted by Crippen LogP contribution is -2.51. The van der Waals surface area contributed by atoms with Crippen LogP contribution in [-0.4, -0.2) is 42.0 Å². The van der Waals surface area contributed by atoms with Gasteiger partial charge in [0.15, 0.2) is 0 Å². The van der Waals surface area contributed by atoms with Gasteiger partial charge in [-0.15, -0.1) is 0 Å². The second-order valence-electron chi connectivity index (χ2n) is 6.01. The van der Waals surface area contributed by atoms with E-state index < -0.39 is 11.8 Å². The van der Waals surface area contributed by atoms with Gasteiger partial charge in [0.05, 0.1) is 12.2 Å². The number of hydrogen-bond acceptors (Lipinski definition) is 2. The molecule has 3 fully saturated rings. The zero-order chi connectivity index (χ0) is 12.9. The van der Waals surface area contributed by atoms with Crippen molar-refractivity contribution in [1.29, 1.82) is 0 Å². The molecule has 2 heterocycles. The lowest BCUT2D eigenvalue weighted by molar-refractivity contribution is -0.162. The molecule has 18 heavy (non-hydrogen) atoms. The lowest BCUT2D eigenvalue weighted by atomic mass is 9.79. The van der Waals surface area contributed by atoms with E-state index in [0.29, 0.717) is 19.0 Å². The third-order valence-electron chi connectivity index (χ3n) is 4.46. The van der Waals surface area contributed by atoms with Crippen molar-refractivity contribution in [2.75, 3.05) is 13.1 Å². The van der Waals surface area contributed by atoms with E-state index in [9.17, 15) is 13.6 Å². The van der Waals surface area contributed by atoms with Crippen molar-refractivity contribution in [2.24, 2.45) is 11.8 Å². The number of nitrogens with zero attached hydrogens (tertiary/aromatic N) is 1. The highest BCUT2D eigenvalue weighted by Crippen LogP contribution is 2.44. The van der Waals surface area contributed by atoms with Crippen LogP contribution in [0.3, 0.4) is 0 Å². The monoisotopic (exact) mass is 259 g/mol. The lowest BCUT2D eigenvalue weighted by Gasteiger charge is -2.40. The summed E-state index contributed by atoms with van der Waals surface area (Å²) in [5, 5.41) is 0. The van der Waals surface area contributed by atoms with Crippen molar-refractivity contribution in [1.82, 2.24) is 4.90 Å². The molecule has 1 amide bonds. The maximum Gasteiger partial charge on any atom is 0.249 e. The van der Waals surface area contributed by atoms with Crippen LogP contribution in [0.5, 0.6) is 0 Å². The van der Waals surface area contributed by atoms with Crippen LogP contribution in [0.25, 0.3) is 0 Å². The summed E-state index contributed by atoms with van der Waals surface area (Å²) in [5.74, 6) is -2.72. The molecule has 102 valence electrons. The standard InChI is InChI=1S/C13H19F2NO2/c1-8-4-9-7-16(3-2-11(9)18-8)12(17)10-5-13(14,15)6-10/h8-11H,2-7H2,1H3/t8-,9-,11-/m0/s1. The predicted octanol–water partition coefficient (Wildman–Crippen LogP) is 2.06. The van der Waals surface area contributed by atoms with Gasteiger partial charge in [-0.05, 0) is 19.8 Å². The second-order valence-corrected chi connectivity index (χ2v) is 6.01. The summed E-state index contributed by atoms with van der Waals surface area (Å²) in [4.78, 5) is 13.9. The van der Waals surface area contributed by atoms with Gasteiger partial charge in [-0.2, -0.15) is 0 Å². The first kappa shape index (κ1) is 12.3. The van der Waals surface area contributed by atoms with Gasteiger partial charge in [0.2, 0.25) is 11.8 Å². The van der Waals surface area contributed by atoms with Gasteiger partial charge < -0.3 is 9.64 Å². The molecule has 2 saturated heterocycles. The average molecular weight is 259 g/mol. The molecular weight excluding hydrogens is 240 g/mol. The Morgan fingerprint density at radius 3 is 2.78 bits per heavy atom. The molecule has 1 saturated carbocycles. The minimum Gasteiger partial charge on any atom is -0.375 e. The van der Waals surface area contributed by atoms with E-state index in [1.54, 1.807) is 4.90 Å². The van der Waals surface area contributed by atoms with E-state index in [1.807, 2.05) is 0 Å². The fourth-order valence-electron chi connectivity index (χ4n) is 3.49. The Hall–Kier alpha value is -0.710. The van der Waals surface area contributed by atoms with Crippen LogP contribution in [0.2, 0.25) is 0 Å². The maximum absolute atomic E-state index is 12.8. The highest BCUT2D eigenvalue weighted by atomic mass is 19.3. The molecule has 2 aliphatic heterocycles. The molecule has 0 bridgehead atoms. The number of fused-ring (bicyclic) bond motifs is 1. The normalized spacial score (nSPS) is 39.3. The molecule has 0 aromatic heterocycles. The zero-order valence-electron chi connectivity index (χ0n) is 10.6. The Morgan fingerprint density at radius 2 is 2.11 bits per heavy atom. The van der Waals surface area contributed by atoms with Gasteiger partial charge in [-0.25, -0.2) is 8.78 Å². The van der Waals surface area contributed by atoms with Crippen LogP contribution < -0.4 is 0 Å². The fourth-order valence-corrected chi connectivity index (χ4v) is 3.49. The van der Waals surface area contributed by atoms with Crippen LogP contribution >= 0.6 is 0 Å². The molecule has 3 atom stereocenters. The van der Waals surface area contributed by atoms with Gasteiger partial charge in [-0.1, -0.05) is 0 Å². The van der Waals surface area contributed by atoms with E-state index in [2.05, 4.69) is 6.92 Å². The van der Waals surface area contributed by atoms with Crippen molar-refractivity contribution >= 4 is 5.91 Å². The largest absolute Gasteiger partial charge is 0.375 e. The van der Waals surface area contributed by atoms with Crippen molar-refractivity contribution < 1.29 is 18.3 Å². The summed E-state index contributed by atoms with van der Waals surface area (Å²) < 4.78 is 31.4. The molecular formula is C13H19F2NO2. The highest BCUT2D eigenvalue weighted by Gasteiger charge is 2.50. The minimum absolute atomic E-state index is 0.0704. The molecule has 3 aliphatic rings. The molecule has 0 N–H and O–H groups in total. The summed E-state index contributed by atoms with van der Waals surface area (Å²) >= 11 is 0. The Kier molecular flexibility index (Phi) is 2.84. The first-order valence-corrected chi connectivity index (χ1v) is 6.77. The highest BCUT2D eigenvalue weighted by molar-refractivity contribution is 5.80. The molecule has 0 spiro atoms. The number of amides is 1. The van der Waals surface area contributed by atoms with E-state index in [0.717, 1.165) is 12.8 Å². The minimum atomic E-state index is -2.61. The SMILES string of the molecule is C[C@H]1C[C@H]2CN(C(=O)C3CC(F)(F)C3)CC[C@@H]2O1. The number of ether oxygens (including phenoxy) is 1. The number of likely N-dealkylation sites (tertiary alicyclic amines) is 1. The number of carbonyl (C=O) groups is 1. The second kappa shape index (κ2) is 4.15. The molecule has 5 heteroatoms. The van der Waals surface area contributed by atoms with E-state index in [1.165, 1.54) is 0 Å². The summed E-state index contributed by atoms with van der Waals surface area (Å²) in [6, 6.07) is 0. The van der Waals surface area contributed by atoms with Crippen LogP contribution in [0.1, 0.15) is 32.6 Å². The summed E-state index contributed by atoms with van der Waals surface area (Å²) in [6.45, 7) is 3.40. The van der Waals surface area contributed by atoms with Crippen LogP contribution in [0.4, 0.5) is 8.78 Å². The average Bonchev–Trinajstić information content (AvgIpc) is 2.63. The van der Waals surface area contributed by atoms with Gasteiger partial charge in [-0.3, -0.25) is 4.79 Å². The van der Waals surface area contributed by atoms with E-state index in [4.69, 9.17) is 4.74 Å². The summed E-state index contributed by atoms with van der Waals surface area (Å²) in [6.07, 6.45) is 1.85. The Balaban J connectivity index is 1.57. The molecule has 0 unspecified atom stereocenters. The zero-order valence-corrected chi connectivity index (χ0v) is 10.6. The van der Waals surface area contributed by atoms with Gasteiger partial charge in [0, 0.05) is 37.8 Å². The van der Waals surface area contributed by atoms with E-state index in [-0.39, 0.29) is 31.0 Å². The number of rotatable bonds is 1. The Morgan fingerprint density at radius 1 is 1.39 bits per heavy atom. The van der Waals surface area contributed by atoms with Crippen LogP contribution in [-0.2, 0) is 9.53 Å². The third kappa shape index (κ3) is 2.13. The van der Waals surface area contributed by atoms with Crippen LogP contribution in [0.15, 0.2) is 0 Å². The maximum atomic E-state index is 12.8. The van der Waals surface area contributed by atoms with Crippen molar-refractivity contribution in [3.8, 4) is 0 Å². The number of alkyl halides is 2. The first-order chi connectivity index (χ1) is 8.44. The van der Waals surface area contributed by atoms with Gasteiger partial charge in [0.25, 0.3) is 0 Å². The Bertz CT molecular complexity index is 353. The smallest absolute Gasteiger partial charge is 0.249 e. The molecule has 0 radical (unpaired) electrons. The van der Waals surface area contributed by atoms with Crippen LogP contribution in [0, 0.1) is 11.8 Å². The quantitative estimate of drug-likeness (QED) is 0.721. The van der Waals surface area contributed by atoms with E-state index >= 15 is 0 Å². The molecule has 3 nitrogen and oxygen atoms in total. The van der Waals surface area contributed by atoms with Crippen molar-refractivity contribution in [3.63, 3.8) is 0 Å². The van der Waals surface area contributed by atoms with Gasteiger partial charge >= 0.3 is 0 Å². The molecule has 3 rings (SSSR count). The third-order valence-corrected chi connectivity index (χ3v) is 4.46. The summed E-state index contributed by atoms with van der Waals surface area (Å²) in [7, 11) is 0. The predicted molar refractivity (Wildman–Crippen MR) is 61.3 cm³/mol. The van der Waals surface area contributed by atoms with Crippen molar-refractivity contribution in [3.05, 3.63) is 0 Å². The van der Waals surface area contributed by atoms with Crippen molar-refractivity contribution in [2.45, 2.75) is 50.7 Å².